The van der Waals surface area contributed by atoms with E-state index in [2.05, 4.69) is 19.6 Å². The van der Waals surface area contributed by atoms with Crippen LogP contribution in [-0.4, -0.2) is 26.9 Å². The van der Waals surface area contributed by atoms with E-state index in [0.717, 1.165) is 6.04 Å². The summed E-state index contributed by atoms with van der Waals surface area (Å²) in [5.41, 5.74) is 0. The Kier molecular flexibility index (Phi) is 5.06. The van der Waals surface area contributed by atoms with E-state index in [0.29, 0.717) is 6.61 Å². The van der Waals surface area contributed by atoms with Crippen LogP contribution in [-0.2, 0) is 9.47 Å². The Balaban J connectivity index is 3.49. The van der Waals surface area contributed by atoms with Crippen LogP contribution in [0.3, 0.4) is 0 Å². The van der Waals surface area contributed by atoms with Gasteiger partial charge < -0.3 is 9.47 Å². The fourth-order valence-electron chi connectivity index (χ4n) is 0.667. The number of ether oxygens (including phenoxy) is 2. The quantitative estimate of drug-likeness (QED) is 0.522. The van der Waals surface area contributed by atoms with Gasteiger partial charge in [0.1, 0.15) is 0 Å². The minimum absolute atomic E-state index is 0.0978. The molecule has 0 aliphatic carbocycles. The standard InChI is InChI=1S/C9H20O3Si/c1-8(2)12-9(10)11-6-7-13(3,4)5/h8H,6-7H2,1-5H3. The Hall–Kier alpha value is -0.513. The van der Waals surface area contributed by atoms with E-state index in [1.807, 2.05) is 0 Å². The van der Waals surface area contributed by atoms with Crippen molar-refractivity contribution in [3.8, 4) is 0 Å². The summed E-state index contributed by atoms with van der Waals surface area (Å²) >= 11 is 0. The molecule has 0 unspecified atom stereocenters. The van der Waals surface area contributed by atoms with Crippen molar-refractivity contribution in [3.05, 3.63) is 0 Å². The first kappa shape index (κ1) is 12.5. The second-order valence-corrected chi connectivity index (χ2v) is 10.2. The second-order valence-electron chi connectivity index (χ2n) is 4.58. The monoisotopic (exact) mass is 204 g/mol. The Morgan fingerprint density at radius 2 is 1.85 bits per heavy atom. The summed E-state index contributed by atoms with van der Waals surface area (Å²) in [6.45, 7) is 10.8. The minimum atomic E-state index is -1.10. The van der Waals surface area contributed by atoms with Crippen LogP contribution in [0.25, 0.3) is 0 Å². The van der Waals surface area contributed by atoms with Gasteiger partial charge in [-0.3, -0.25) is 0 Å². The van der Waals surface area contributed by atoms with Gasteiger partial charge in [-0.05, 0) is 19.9 Å². The topological polar surface area (TPSA) is 35.5 Å². The summed E-state index contributed by atoms with van der Waals surface area (Å²) in [4.78, 5) is 10.9. The van der Waals surface area contributed by atoms with Crippen molar-refractivity contribution in [1.29, 1.82) is 0 Å². The van der Waals surface area contributed by atoms with Crippen molar-refractivity contribution in [3.63, 3.8) is 0 Å². The zero-order valence-corrected chi connectivity index (χ0v) is 10.2. The molecule has 0 bridgehead atoms. The first-order valence-electron chi connectivity index (χ1n) is 4.65. The lowest BCUT2D eigenvalue weighted by atomic mass is 10.5. The SMILES string of the molecule is CC(C)OC(=O)OCC[Si](C)(C)C. The van der Waals surface area contributed by atoms with Gasteiger partial charge in [0.15, 0.2) is 0 Å². The Labute approximate surface area is 81.4 Å². The maximum atomic E-state index is 10.9. The highest BCUT2D eigenvalue weighted by molar-refractivity contribution is 6.76. The zero-order valence-electron chi connectivity index (χ0n) is 9.22. The first-order valence-corrected chi connectivity index (χ1v) is 8.35. The molecule has 4 heteroatoms. The van der Waals surface area contributed by atoms with Gasteiger partial charge in [0.2, 0.25) is 0 Å². The molecule has 0 N–H and O–H groups in total. The number of hydrogen-bond acceptors (Lipinski definition) is 3. The van der Waals surface area contributed by atoms with E-state index in [4.69, 9.17) is 9.47 Å². The van der Waals surface area contributed by atoms with E-state index < -0.39 is 14.2 Å². The lowest BCUT2D eigenvalue weighted by Gasteiger charge is -2.15. The molecule has 0 radical (unpaired) electrons. The Morgan fingerprint density at radius 3 is 2.23 bits per heavy atom. The molecule has 0 amide bonds. The molecule has 13 heavy (non-hydrogen) atoms. The van der Waals surface area contributed by atoms with Crippen LogP contribution in [0, 0.1) is 0 Å². The third-order valence-corrected chi connectivity index (χ3v) is 3.11. The van der Waals surface area contributed by atoms with Crippen LogP contribution in [0.15, 0.2) is 0 Å². The van der Waals surface area contributed by atoms with Crippen molar-refractivity contribution in [2.24, 2.45) is 0 Å². The summed E-state index contributed by atoms with van der Waals surface area (Å²) < 4.78 is 9.72. The van der Waals surface area contributed by atoms with Crippen LogP contribution in [0.4, 0.5) is 4.79 Å². The molecule has 0 aliphatic heterocycles. The van der Waals surface area contributed by atoms with Crippen LogP contribution in [0.1, 0.15) is 13.8 Å². The van der Waals surface area contributed by atoms with E-state index in [1.165, 1.54) is 0 Å². The highest BCUT2D eigenvalue weighted by Gasteiger charge is 2.14. The summed E-state index contributed by atoms with van der Waals surface area (Å²) in [6, 6.07) is 0.986. The first-order chi connectivity index (χ1) is 5.81. The largest absolute Gasteiger partial charge is 0.508 e. The summed E-state index contributed by atoms with van der Waals surface area (Å²) in [7, 11) is -1.10. The Bertz CT molecular complexity index is 161. The average molecular weight is 204 g/mol. The molecule has 0 saturated heterocycles. The normalized spacial score (nSPS) is 11.5. The predicted octanol–water partition coefficient (Wildman–Crippen LogP) is 2.89. The smallest absolute Gasteiger partial charge is 0.435 e. The van der Waals surface area contributed by atoms with Crippen LogP contribution in [0.5, 0.6) is 0 Å². The summed E-state index contributed by atoms with van der Waals surface area (Å²) in [5, 5.41) is 0. The molecule has 3 nitrogen and oxygen atoms in total. The van der Waals surface area contributed by atoms with Gasteiger partial charge in [0.25, 0.3) is 0 Å². The molecule has 78 valence electrons. The van der Waals surface area contributed by atoms with Gasteiger partial charge in [-0.2, -0.15) is 0 Å². The number of rotatable bonds is 4. The molecule has 0 aliphatic rings. The molecule has 0 rings (SSSR count). The van der Waals surface area contributed by atoms with Crippen LogP contribution >= 0.6 is 0 Å². The molecule has 0 spiro atoms. The number of carbonyl (C=O) groups is 1. The lowest BCUT2D eigenvalue weighted by Crippen LogP contribution is -2.23. The van der Waals surface area contributed by atoms with Crippen molar-refractivity contribution >= 4 is 14.2 Å². The Morgan fingerprint density at radius 1 is 1.31 bits per heavy atom. The van der Waals surface area contributed by atoms with Gasteiger partial charge in [-0.1, -0.05) is 19.6 Å². The average Bonchev–Trinajstić information content (AvgIpc) is 1.81. The van der Waals surface area contributed by atoms with Crippen LogP contribution < -0.4 is 0 Å². The highest BCUT2D eigenvalue weighted by Crippen LogP contribution is 2.08. The molecule has 0 heterocycles. The maximum absolute atomic E-state index is 10.9. The van der Waals surface area contributed by atoms with Gasteiger partial charge in [0, 0.05) is 8.07 Å². The fourth-order valence-corrected chi connectivity index (χ4v) is 1.38. The predicted molar refractivity (Wildman–Crippen MR) is 55.7 cm³/mol. The van der Waals surface area contributed by atoms with Crippen molar-refractivity contribution in [2.75, 3.05) is 6.61 Å². The van der Waals surface area contributed by atoms with Crippen molar-refractivity contribution < 1.29 is 14.3 Å². The van der Waals surface area contributed by atoms with E-state index in [1.54, 1.807) is 13.8 Å². The minimum Gasteiger partial charge on any atom is -0.435 e. The third kappa shape index (κ3) is 9.40. The van der Waals surface area contributed by atoms with Crippen molar-refractivity contribution in [1.82, 2.24) is 0 Å². The second kappa shape index (κ2) is 5.27. The van der Waals surface area contributed by atoms with Gasteiger partial charge in [-0.25, -0.2) is 4.79 Å². The molecule has 0 aromatic rings. The zero-order chi connectivity index (χ0) is 10.5. The molecule has 0 aromatic heterocycles. The fraction of sp³-hybridized carbons (Fsp3) is 0.889. The molecule has 0 fully saturated rings. The molecule has 0 aromatic carbocycles. The number of carbonyl (C=O) groups excluding carboxylic acids is 1. The van der Waals surface area contributed by atoms with E-state index in [-0.39, 0.29) is 6.10 Å². The van der Waals surface area contributed by atoms with E-state index in [9.17, 15) is 4.79 Å². The van der Waals surface area contributed by atoms with Crippen molar-refractivity contribution in [2.45, 2.75) is 45.6 Å². The number of hydrogen-bond donors (Lipinski definition) is 0. The summed E-state index contributed by atoms with van der Waals surface area (Å²) in [6.07, 6.45) is -0.646. The highest BCUT2D eigenvalue weighted by atomic mass is 28.3. The van der Waals surface area contributed by atoms with Gasteiger partial charge >= 0.3 is 6.16 Å². The van der Waals surface area contributed by atoms with Gasteiger partial charge in [0.05, 0.1) is 12.7 Å². The lowest BCUT2D eigenvalue weighted by molar-refractivity contribution is 0.0377. The van der Waals surface area contributed by atoms with Gasteiger partial charge in [-0.15, -0.1) is 0 Å². The summed E-state index contributed by atoms with van der Waals surface area (Å²) in [5.74, 6) is 0. The van der Waals surface area contributed by atoms with Crippen LogP contribution in [0.2, 0.25) is 25.7 Å². The molecular formula is C9H20O3Si. The maximum Gasteiger partial charge on any atom is 0.508 e. The molecular weight excluding hydrogens is 184 g/mol. The van der Waals surface area contributed by atoms with E-state index >= 15 is 0 Å². The third-order valence-electron chi connectivity index (χ3n) is 1.40. The molecule has 0 saturated carbocycles. The molecule has 0 atom stereocenters.